The minimum absolute atomic E-state index is 0.148. The second-order valence-electron chi connectivity index (χ2n) is 3.03. The molecule has 0 unspecified atom stereocenters. The Balaban J connectivity index is 2.77. The molecule has 2 aromatic rings. The Labute approximate surface area is 94.0 Å². The number of nitrogens with one attached hydrogen (secondary N) is 1. The lowest BCUT2D eigenvalue weighted by Crippen LogP contribution is -1.94. The Morgan fingerprint density at radius 2 is 2.27 bits per heavy atom. The number of aromatic amines is 1. The van der Waals surface area contributed by atoms with Crippen LogP contribution in [0.4, 0.5) is 0 Å². The average molecular weight is 270 g/mol. The fraction of sp³-hybridized carbons (Fsp3) is 0.100. The van der Waals surface area contributed by atoms with Crippen LogP contribution < -0.4 is 4.74 Å². The van der Waals surface area contributed by atoms with E-state index >= 15 is 0 Å². The number of methoxy groups -OCH3 is 1. The molecule has 0 aliphatic heterocycles. The third-order valence-electron chi connectivity index (χ3n) is 2.15. The van der Waals surface area contributed by atoms with E-state index in [2.05, 4.69) is 20.9 Å². The molecular formula is C10H8BrNO3. The normalized spacial score (nSPS) is 10.5. The highest BCUT2D eigenvalue weighted by Crippen LogP contribution is 2.31. The van der Waals surface area contributed by atoms with E-state index in [0.717, 1.165) is 15.4 Å². The Hall–Kier alpha value is -1.49. The van der Waals surface area contributed by atoms with Crippen LogP contribution in [-0.2, 0) is 0 Å². The van der Waals surface area contributed by atoms with Gasteiger partial charge in [0, 0.05) is 9.86 Å². The van der Waals surface area contributed by atoms with Crippen molar-refractivity contribution in [1.82, 2.24) is 4.98 Å². The topological polar surface area (TPSA) is 62.3 Å². The molecule has 78 valence electrons. The van der Waals surface area contributed by atoms with Crippen LogP contribution in [0.3, 0.4) is 0 Å². The molecule has 0 aliphatic carbocycles. The van der Waals surface area contributed by atoms with E-state index in [9.17, 15) is 4.79 Å². The molecule has 1 heterocycles. The number of H-pyrrole nitrogens is 1. The van der Waals surface area contributed by atoms with Crippen LogP contribution >= 0.6 is 15.9 Å². The molecule has 5 heteroatoms. The molecule has 0 spiro atoms. The summed E-state index contributed by atoms with van der Waals surface area (Å²) in [4.78, 5) is 13.6. The molecule has 2 N–H and O–H groups in total. The number of aromatic nitrogens is 1. The molecule has 2 rings (SSSR count). The number of aromatic carboxylic acids is 1. The smallest absolute Gasteiger partial charge is 0.352 e. The van der Waals surface area contributed by atoms with E-state index in [4.69, 9.17) is 9.84 Å². The number of benzene rings is 1. The van der Waals surface area contributed by atoms with E-state index in [1.54, 1.807) is 19.2 Å². The van der Waals surface area contributed by atoms with Crippen molar-refractivity contribution in [3.63, 3.8) is 0 Å². The molecular weight excluding hydrogens is 262 g/mol. The first-order valence-corrected chi connectivity index (χ1v) is 5.01. The van der Waals surface area contributed by atoms with Gasteiger partial charge in [-0.3, -0.25) is 0 Å². The summed E-state index contributed by atoms with van der Waals surface area (Å²) in [6.45, 7) is 0. The number of hydrogen-bond donors (Lipinski definition) is 2. The molecule has 0 saturated heterocycles. The lowest BCUT2D eigenvalue weighted by atomic mass is 10.2. The summed E-state index contributed by atoms with van der Waals surface area (Å²) in [5.41, 5.74) is 0.877. The number of hydrogen-bond acceptors (Lipinski definition) is 2. The summed E-state index contributed by atoms with van der Waals surface area (Å²) in [6.07, 6.45) is 0. The van der Waals surface area contributed by atoms with E-state index in [1.165, 1.54) is 0 Å². The lowest BCUT2D eigenvalue weighted by molar-refractivity contribution is 0.0691. The molecule has 0 amide bonds. The average Bonchev–Trinajstić information content (AvgIpc) is 2.64. The zero-order valence-electron chi connectivity index (χ0n) is 7.87. The largest absolute Gasteiger partial charge is 0.496 e. The number of ether oxygens (including phenoxy) is 1. The first kappa shape index (κ1) is 10.0. The molecule has 4 nitrogen and oxygen atoms in total. The first-order chi connectivity index (χ1) is 7.13. The van der Waals surface area contributed by atoms with Crippen molar-refractivity contribution >= 4 is 32.8 Å². The van der Waals surface area contributed by atoms with Crippen molar-refractivity contribution in [3.8, 4) is 5.75 Å². The van der Waals surface area contributed by atoms with Crippen LogP contribution in [0.2, 0.25) is 0 Å². The van der Waals surface area contributed by atoms with Gasteiger partial charge in [0.1, 0.15) is 11.4 Å². The lowest BCUT2D eigenvalue weighted by Gasteiger charge is -2.01. The van der Waals surface area contributed by atoms with Gasteiger partial charge in [-0.15, -0.1) is 0 Å². The molecule has 0 fully saturated rings. The van der Waals surface area contributed by atoms with E-state index < -0.39 is 5.97 Å². The van der Waals surface area contributed by atoms with Crippen LogP contribution in [0.1, 0.15) is 10.5 Å². The maximum absolute atomic E-state index is 10.8. The van der Waals surface area contributed by atoms with Crippen molar-refractivity contribution in [2.45, 2.75) is 0 Å². The fourth-order valence-corrected chi connectivity index (χ4v) is 1.90. The van der Waals surface area contributed by atoms with E-state index in [1.807, 2.05) is 6.07 Å². The standard InChI is InChI=1S/C10H8BrNO3/c1-15-8-3-2-6(11)9-5(8)4-7(12-9)10(13)14/h2-4,12H,1H3,(H,13,14). The fourth-order valence-electron chi connectivity index (χ4n) is 1.45. The molecule has 15 heavy (non-hydrogen) atoms. The summed E-state index contributed by atoms with van der Waals surface area (Å²) < 4.78 is 5.95. The molecule has 0 saturated carbocycles. The number of carboxylic acids is 1. The summed E-state index contributed by atoms with van der Waals surface area (Å²) in [7, 11) is 1.55. The predicted octanol–water partition coefficient (Wildman–Crippen LogP) is 2.64. The Bertz CT molecular complexity index is 533. The van der Waals surface area contributed by atoms with Gasteiger partial charge >= 0.3 is 5.97 Å². The zero-order valence-corrected chi connectivity index (χ0v) is 9.46. The second-order valence-corrected chi connectivity index (χ2v) is 3.88. The predicted molar refractivity (Wildman–Crippen MR) is 59.5 cm³/mol. The van der Waals surface area contributed by atoms with Gasteiger partial charge in [-0.25, -0.2) is 4.79 Å². The zero-order chi connectivity index (χ0) is 11.0. The first-order valence-electron chi connectivity index (χ1n) is 4.22. The monoisotopic (exact) mass is 269 g/mol. The van der Waals surface area contributed by atoms with Crippen molar-refractivity contribution < 1.29 is 14.6 Å². The van der Waals surface area contributed by atoms with Gasteiger partial charge < -0.3 is 14.8 Å². The molecule has 0 radical (unpaired) electrons. The van der Waals surface area contributed by atoms with Gasteiger partial charge in [-0.1, -0.05) is 0 Å². The van der Waals surface area contributed by atoms with Crippen molar-refractivity contribution in [2.24, 2.45) is 0 Å². The molecule has 0 bridgehead atoms. The van der Waals surface area contributed by atoms with Crippen LogP contribution in [-0.4, -0.2) is 23.2 Å². The third kappa shape index (κ3) is 1.59. The molecule has 0 atom stereocenters. The van der Waals surface area contributed by atoms with Gasteiger partial charge in [0.05, 0.1) is 12.6 Å². The van der Waals surface area contributed by atoms with Crippen molar-refractivity contribution in [3.05, 3.63) is 28.4 Å². The quantitative estimate of drug-likeness (QED) is 0.881. The summed E-state index contributed by atoms with van der Waals surface area (Å²) in [5, 5.41) is 9.61. The van der Waals surface area contributed by atoms with Gasteiger partial charge in [-0.05, 0) is 34.1 Å². The van der Waals surface area contributed by atoms with Gasteiger partial charge in [0.25, 0.3) is 0 Å². The van der Waals surface area contributed by atoms with E-state index in [-0.39, 0.29) is 5.69 Å². The highest BCUT2D eigenvalue weighted by atomic mass is 79.9. The van der Waals surface area contributed by atoms with Crippen LogP contribution in [0.15, 0.2) is 22.7 Å². The Morgan fingerprint density at radius 1 is 1.53 bits per heavy atom. The number of fused-ring (bicyclic) bond motifs is 1. The number of rotatable bonds is 2. The molecule has 1 aromatic heterocycles. The van der Waals surface area contributed by atoms with Gasteiger partial charge in [0.2, 0.25) is 0 Å². The third-order valence-corrected chi connectivity index (χ3v) is 2.81. The Kier molecular flexibility index (Phi) is 2.40. The maximum Gasteiger partial charge on any atom is 0.352 e. The molecule has 0 aliphatic rings. The maximum atomic E-state index is 10.8. The minimum Gasteiger partial charge on any atom is -0.496 e. The highest BCUT2D eigenvalue weighted by Gasteiger charge is 2.12. The van der Waals surface area contributed by atoms with Crippen molar-refractivity contribution in [1.29, 1.82) is 0 Å². The Morgan fingerprint density at radius 3 is 2.87 bits per heavy atom. The van der Waals surface area contributed by atoms with Crippen molar-refractivity contribution in [2.75, 3.05) is 7.11 Å². The SMILES string of the molecule is COc1ccc(Br)c2[nH]c(C(=O)O)cc12. The number of carboxylic acid groups (broad SMARTS) is 1. The number of halogens is 1. The van der Waals surface area contributed by atoms with Crippen LogP contribution in [0.25, 0.3) is 10.9 Å². The summed E-state index contributed by atoms with van der Waals surface area (Å²) in [6, 6.07) is 5.15. The number of carbonyl (C=O) groups is 1. The molecule has 1 aromatic carbocycles. The summed E-state index contributed by atoms with van der Waals surface area (Å²) in [5.74, 6) is -0.336. The summed E-state index contributed by atoms with van der Waals surface area (Å²) >= 11 is 3.34. The van der Waals surface area contributed by atoms with Gasteiger partial charge in [0.15, 0.2) is 0 Å². The van der Waals surface area contributed by atoms with Crippen LogP contribution in [0.5, 0.6) is 5.75 Å². The highest BCUT2D eigenvalue weighted by molar-refractivity contribution is 9.10. The van der Waals surface area contributed by atoms with E-state index in [0.29, 0.717) is 5.75 Å². The van der Waals surface area contributed by atoms with Gasteiger partial charge in [-0.2, -0.15) is 0 Å². The van der Waals surface area contributed by atoms with Crippen LogP contribution in [0, 0.1) is 0 Å². The second kappa shape index (κ2) is 3.58. The minimum atomic E-state index is -0.986.